The third-order valence-corrected chi connectivity index (χ3v) is 6.76. The second kappa shape index (κ2) is 9.63. The summed E-state index contributed by atoms with van der Waals surface area (Å²) in [6.07, 6.45) is 4.30. The van der Waals surface area contributed by atoms with Crippen molar-refractivity contribution in [3.8, 4) is 16.8 Å². The van der Waals surface area contributed by atoms with E-state index in [1.165, 1.54) is 29.2 Å². The van der Waals surface area contributed by atoms with Crippen molar-refractivity contribution in [2.45, 2.75) is 18.8 Å². The smallest absolute Gasteiger partial charge is 0.151 e. The molecular formula is C28H19ClF2N6. The first-order valence-corrected chi connectivity index (χ1v) is 12.0. The summed E-state index contributed by atoms with van der Waals surface area (Å²) in [6, 6.07) is 21.6. The first-order valence-electron chi connectivity index (χ1n) is 11.6. The summed E-state index contributed by atoms with van der Waals surface area (Å²) in [5, 5.41) is 11.2. The Morgan fingerprint density at radius 1 is 0.973 bits per heavy atom. The van der Waals surface area contributed by atoms with Crippen LogP contribution in [0.15, 0.2) is 90.3 Å². The predicted molar refractivity (Wildman–Crippen MR) is 137 cm³/mol. The molecule has 1 atom stereocenters. The summed E-state index contributed by atoms with van der Waals surface area (Å²) >= 11 is 6.11. The summed E-state index contributed by atoms with van der Waals surface area (Å²) < 4.78 is 30.4. The number of aliphatic imine (C=N–C) groups is 1. The number of nitrogens with zero attached hydrogens (tertiary/aromatic N) is 6. The SMILES string of the molecule is Fc1ccc2c(c1)N=C(C(Cc1ccccc1)c1ccc(-c3c(-n4cnnn4)ccc(Cl)c3F)cn1)C2. The Kier molecular flexibility index (Phi) is 6.02. The van der Waals surface area contributed by atoms with Crippen molar-refractivity contribution in [2.24, 2.45) is 4.99 Å². The van der Waals surface area contributed by atoms with Crippen LogP contribution in [0.3, 0.4) is 0 Å². The molecule has 1 aliphatic heterocycles. The summed E-state index contributed by atoms with van der Waals surface area (Å²) in [4.78, 5) is 9.52. The lowest BCUT2D eigenvalue weighted by Crippen LogP contribution is -2.17. The number of halogens is 3. The molecule has 0 amide bonds. The van der Waals surface area contributed by atoms with Crippen molar-refractivity contribution >= 4 is 23.0 Å². The monoisotopic (exact) mass is 512 g/mol. The average molecular weight is 513 g/mol. The van der Waals surface area contributed by atoms with Gasteiger partial charge in [0.05, 0.1) is 16.4 Å². The molecule has 37 heavy (non-hydrogen) atoms. The van der Waals surface area contributed by atoms with Crippen LogP contribution in [0.4, 0.5) is 14.5 Å². The molecule has 0 radical (unpaired) electrons. The van der Waals surface area contributed by atoms with Gasteiger partial charge in [-0.15, -0.1) is 5.10 Å². The minimum atomic E-state index is -0.581. The van der Waals surface area contributed by atoms with E-state index < -0.39 is 5.82 Å². The van der Waals surface area contributed by atoms with Gasteiger partial charge in [0, 0.05) is 41.1 Å². The minimum Gasteiger partial charge on any atom is -0.260 e. The number of pyridine rings is 1. The van der Waals surface area contributed by atoms with Gasteiger partial charge in [0.25, 0.3) is 0 Å². The van der Waals surface area contributed by atoms with Crippen molar-refractivity contribution in [3.63, 3.8) is 0 Å². The van der Waals surface area contributed by atoms with Crippen LogP contribution in [-0.4, -0.2) is 30.9 Å². The topological polar surface area (TPSA) is 68.8 Å². The van der Waals surface area contributed by atoms with Gasteiger partial charge in [0.2, 0.25) is 0 Å². The van der Waals surface area contributed by atoms with E-state index in [4.69, 9.17) is 21.6 Å². The standard InChI is InChI=1S/C28H19ClF2N6/c29-22-9-11-26(37-16-33-35-36-37)27(28(22)31)19-7-10-23(32-15-19)21(12-17-4-2-1-3-5-17)25-13-18-6-8-20(30)14-24(18)34-25/h1-11,14-16,21H,12-13H2. The van der Waals surface area contributed by atoms with E-state index in [0.29, 0.717) is 29.8 Å². The summed E-state index contributed by atoms with van der Waals surface area (Å²) in [7, 11) is 0. The van der Waals surface area contributed by atoms with Crippen LogP contribution >= 0.6 is 11.6 Å². The highest BCUT2D eigenvalue weighted by molar-refractivity contribution is 6.31. The van der Waals surface area contributed by atoms with E-state index in [0.717, 1.165) is 22.5 Å². The van der Waals surface area contributed by atoms with Crippen LogP contribution < -0.4 is 0 Å². The van der Waals surface area contributed by atoms with E-state index in [9.17, 15) is 4.39 Å². The number of aromatic nitrogens is 5. The van der Waals surface area contributed by atoms with E-state index in [1.54, 1.807) is 18.3 Å². The Labute approximate surface area is 216 Å². The maximum Gasteiger partial charge on any atom is 0.151 e. The molecule has 0 spiro atoms. The zero-order valence-electron chi connectivity index (χ0n) is 19.4. The second-order valence-corrected chi connectivity index (χ2v) is 9.18. The molecule has 6 rings (SSSR count). The number of hydrogen-bond acceptors (Lipinski definition) is 5. The maximum absolute atomic E-state index is 15.2. The molecule has 0 saturated carbocycles. The molecule has 0 aliphatic carbocycles. The van der Waals surface area contributed by atoms with Crippen LogP contribution in [0.25, 0.3) is 16.8 Å². The van der Waals surface area contributed by atoms with Gasteiger partial charge in [0.15, 0.2) is 5.82 Å². The molecule has 1 aliphatic rings. The lowest BCUT2D eigenvalue weighted by molar-refractivity contribution is 0.628. The van der Waals surface area contributed by atoms with Crippen molar-refractivity contribution < 1.29 is 8.78 Å². The normalized spacial score (nSPS) is 13.3. The van der Waals surface area contributed by atoms with Crippen molar-refractivity contribution in [1.82, 2.24) is 25.2 Å². The van der Waals surface area contributed by atoms with Crippen LogP contribution in [-0.2, 0) is 12.8 Å². The van der Waals surface area contributed by atoms with Gasteiger partial charge in [-0.2, -0.15) is 4.68 Å². The fraction of sp³-hybridized carbons (Fsp3) is 0.107. The van der Waals surface area contributed by atoms with E-state index in [1.807, 2.05) is 30.3 Å². The summed E-state index contributed by atoms with van der Waals surface area (Å²) in [6.45, 7) is 0. The average Bonchev–Trinajstić information content (AvgIpc) is 3.60. The number of fused-ring (bicyclic) bond motifs is 1. The molecule has 0 fully saturated rings. The zero-order chi connectivity index (χ0) is 25.4. The third kappa shape index (κ3) is 4.51. The lowest BCUT2D eigenvalue weighted by atomic mass is 9.88. The lowest BCUT2D eigenvalue weighted by Gasteiger charge is -2.18. The Hall–Kier alpha value is -4.30. The Bertz CT molecular complexity index is 1600. The summed E-state index contributed by atoms with van der Waals surface area (Å²) in [5.41, 5.74) is 5.69. The minimum absolute atomic E-state index is 0.0110. The molecule has 2 aromatic heterocycles. The highest BCUT2D eigenvalue weighted by Gasteiger charge is 2.26. The van der Waals surface area contributed by atoms with Gasteiger partial charge in [-0.25, -0.2) is 8.78 Å². The van der Waals surface area contributed by atoms with E-state index in [2.05, 4.69) is 27.7 Å². The number of benzene rings is 3. The molecule has 0 N–H and O–H groups in total. The third-order valence-electron chi connectivity index (χ3n) is 6.47. The Morgan fingerprint density at radius 2 is 1.84 bits per heavy atom. The van der Waals surface area contributed by atoms with Crippen LogP contribution in [0.1, 0.15) is 22.7 Å². The second-order valence-electron chi connectivity index (χ2n) is 8.78. The molecule has 0 saturated heterocycles. The van der Waals surface area contributed by atoms with Crippen LogP contribution in [0.2, 0.25) is 5.02 Å². The Morgan fingerprint density at radius 3 is 2.59 bits per heavy atom. The first-order chi connectivity index (χ1) is 18.1. The quantitative estimate of drug-likeness (QED) is 0.267. The molecule has 5 aromatic rings. The highest BCUT2D eigenvalue weighted by Crippen LogP contribution is 2.36. The largest absolute Gasteiger partial charge is 0.260 e. The predicted octanol–water partition coefficient (Wildman–Crippen LogP) is 6.31. The van der Waals surface area contributed by atoms with Gasteiger partial charge in [0.1, 0.15) is 12.1 Å². The number of tetrazole rings is 1. The number of rotatable bonds is 6. The maximum atomic E-state index is 15.2. The zero-order valence-corrected chi connectivity index (χ0v) is 20.1. The van der Waals surface area contributed by atoms with Gasteiger partial charge in [-0.1, -0.05) is 54.1 Å². The highest BCUT2D eigenvalue weighted by atomic mass is 35.5. The van der Waals surface area contributed by atoms with Crippen LogP contribution in [0, 0.1) is 11.6 Å². The van der Waals surface area contributed by atoms with Crippen molar-refractivity contribution in [2.75, 3.05) is 0 Å². The van der Waals surface area contributed by atoms with Gasteiger partial charge in [-0.3, -0.25) is 9.98 Å². The molecule has 6 nitrogen and oxygen atoms in total. The summed E-state index contributed by atoms with van der Waals surface area (Å²) in [5.74, 6) is -1.04. The van der Waals surface area contributed by atoms with Crippen molar-refractivity contribution in [3.05, 3.63) is 119 Å². The van der Waals surface area contributed by atoms with E-state index in [-0.39, 0.29) is 22.3 Å². The van der Waals surface area contributed by atoms with Gasteiger partial charge < -0.3 is 0 Å². The molecule has 3 aromatic carbocycles. The van der Waals surface area contributed by atoms with Crippen LogP contribution in [0.5, 0.6) is 0 Å². The molecule has 182 valence electrons. The molecule has 9 heteroatoms. The van der Waals surface area contributed by atoms with Gasteiger partial charge >= 0.3 is 0 Å². The van der Waals surface area contributed by atoms with Crippen molar-refractivity contribution in [1.29, 1.82) is 0 Å². The number of hydrogen-bond donors (Lipinski definition) is 0. The molecule has 3 heterocycles. The molecular weight excluding hydrogens is 494 g/mol. The van der Waals surface area contributed by atoms with Gasteiger partial charge in [-0.05, 0) is 58.3 Å². The molecule has 1 unspecified atom stereocenters. The fourth-order valence-electron chi connectivity index (χ4n) is 4.66. The van der Waals surface area contributed by atoms with E-state index >= 15 is 4.39 Å². The first kappa shape index (κ1) is 23.1. The fourth-order valence-corrected chi connectivity index (χ4v) is 4.82. The molecule has 0 bridgehead atoms. The Balaban J connectivity index is 1.40.